The van der Waals surface area contributed by atoms with Crippen LogP contribution < -0.4 is 0 Å². The molecule has 0 rings (SSSR count). The SMILES string of the molecule is CC(C)CCCCCCCCCCCCCCCCC(=O)O[C@H](COC(=O)CCCCCCCCCCC(C)C)COP(=O)(O)OC[C@@H](O)COP(=O)(O)OC[C@@H](COC(=O)CCCCCCCCC(C)C)OC(=O)CCCCCCCCC(C)C. The lowest BCUT2D eigenvalue weighted by molar-refractivity contribution is -0.161. The van der Waals surface area contributed by atoms with Crippen molar-refractivity contribution < 1.29 is 80.2 Å². The summed E-state index contributed by atoms with van der Waals surface area (Å²) in [5, 5.41) is 10.5. The quantitative estimate of drug-likeness (QED) is 0.0222. The molecule has 0 aliphatic carbocycles. The predicted molar refractivity (Wildman–Crippen MR) is 344 cm³/mol. The molecule has 0 aliphatic heterocycles. The zero-order valence-electron chi connectivity index (χ0n) is 55.9. The number of phosphoric acid groups is 2. The standard InChI is InChI=1S/C67H130O17P2/c1-57(2)43-35-27-19-15-13-11-9-10-12-14-16-22-33-41-49-66(71)83-62(53-77-64(69)47-39-31-21-18-17-20-28-36-44-58(3)4)55-81-85(73,74)79-51-61(68)52-80-86(75,76)82-56-63(84-67(72)50-42-34-26-24-30-38-46-60(7)8)54-78-65(70)48-40-32-25-23-29-37-45-59(5)6/h57-63,68H,9-56H2,1-8H3,(H,73,74)(H,75,76)/t61-,62-,63-/m1/s1. The number of carbonyl (C=O) groups excluding carboxylic acids is 4. The molecule has 0 aliphatic rings. The summed E-state index contributed by atoms with van der Waals surface area (Å²) < 4.78 is 68.1. The van der Waals surface area contributed by atoms with E-state index in [4.69, 9.17) is 37.0 Å². The van der Waals surface area contributed by atoms with Gasteiger partial charge in [-0.25, -0.2) is 9.13 Å². The first-order valence-corrected chi connectivity index (χ1v) is 37.7. The van der Waals surface area contributed by atoms with E-state index in [1.807, 2.05) is 0 Å². The van der Waals surface area contributed by atoms with E-state index in [0.717, 1.165) is 108 Å². The molecule has 0 aromatic heterocycles. The summed E-state index contributed by atoms with van der Waals surface area (Å²) >= 11 is 0. The lowest BCUT2D eigenvalue weighted by Crippen LogP contribution is -2.30. The van der Waals surface area contributed by atoms with Crippen LogP contribution in [0.25, 0.3) is 0 Å². The van der Waals surface area contributed by atoms with Gasteiger partial charge in [-0.15, -0.1) is 0 Å². The maximum Gasteiger partial charge on any atom is 0.472 e. The summed E-state index contributed by atoms with van der Waals surface area (Å²) in [5.74, 6) is 0.730. The molecule has 510 valence electrons. The molecule has 86 heavy (non-hydrogen) atoms. The van der Waals surface area contributed by atoms with Crippen LogP contribution in [0.3, 0.4) is 0 Å². The Balaban J connectivity index is 5.21. The smallest absolute Gasteiger partial charge is 0.462 e. The van der Waals surface area contributed by atoms with Crippen LogP contribution in [0.1, 0.15) is 325 Å². The number of hydrogen-bond acceptors (Lipinski definition) is 15. The molecule has 19 heteroatoms. The van der Waals surface area contributed by atoms with E-state index in [1.165, 1.54) is 122 Å². The highest BCUT2D eigenvalue weighted by Gasteiger charge is 2.30. The minimum atomic E-state index is -4.95. The van der Waals surface area contributed by atoms with Gasteiger partial charge in [-0.2, -0.15) is 0 Å². The molecule has 0 saturated carbocycles. The Bertz CT molecular complexity index is 1710. The number of rotatable bonds is 64. The van der Waals surface area contributed by atoms with Crippen LogP contribution in [-0.2, 0) is 65.4 Å². The molecule has 0 aromatic carbocycles. The molecule has 17 nitrogen and oxygen atoms in total. The summed E-state index contributed by atoms with van der Waals surface area (Å²) in [6.45, 7) is 13.9. The zero-order valence-corrected chi connectivity index (χ0v) is 57.7. The molecule has 0 bridgehead atoms. The fourth-order valence-electron chi connectivity index (χ4n) is 9.96. The molecule has 0 amide bonds. The summed E-state index contributed by atoms with van der Waals surface area (Å²) in [7, 11) is -9.89. The number of unbranched alkanes of at least 4 members (excludes halogenated alkanes) is 30. The molecular weight excluding hydrogens is 1140 g/mol. The van der Waals surface area contributed by atoms with Crippen LogP contribution in [-0.4, -0.2) is 96.7 Å². The van der Waals surface area contributed by atoms with Gasteiger partial charge in [0.2, 0.25) is 0 Å². The second kappa shape index (κ2) is 57.0. The van der Waals surface area contributed by atoms with Gasteiger partial charge in [0.15, 0.2) is 12.2 Å². The summed E-state index contributed by atoms with van der Waals surface area (Å²) in [5.41, 5.74) is 0. The maximum atomic E-state index is 13.0. The Labute approximate surface area is 524 Å². The highest BCUT2D eigenvalue weighted by molar-refractivity contribution is 7.47. The highest BCUT2D eigenvalue weighted by Crippen LogP contribution is 2.45. The lowest BCUT2D eigenvalue weighted by Gasteiger charge is -2.21. The van der Waals surface area contributed by atoms with Gasteiger partial charge < -0.3 is 33.8 Å². The van der Waals surface area contributed by atoms with Crippen LogP contribution in [0, 0.1) is 23.7 Å². The summed E-state index contributed by atoms with van der Waals surface area (Å²) in [6.07, 6.45) is 38.0. The fourth-order valence-corrected chi connectivity index (χ4v) is 11.5. The van der Waals surface area contributed by atoms with E-state index in [-0.39, 0.29) is 25.7 Å². The predicted octanol–water partition coefficient (Wildman–Crippen LogP) is 18.5. The average molecular weight is 1270 g/mol. The second-order valence-corrected chi connectivity index (χ2v) is 29.0. The third kappa shape index (κ3) is 60.9. The van der Waals surface area contributed by atoms with Crippen molar-refractivity contribution >= 4 is 39.5 Å². The van der Waals surface area contributed by atoms with Gasteiger partial charge in [0, 0.05) is 25.7 Å². The van der Waals surface area contributed by atoms with E-state index in [1.54, 1.807) is 0 Å². The second-order valence-electron chi connectivity index (χ2n) is 26.1. The zero-order chi connectivity index (χ0) is 63.9. The Morgan fingerprint density at radius 3 is 0.721 bits per heavy atom. The minimum absolute atomic E-state index is 0.100. The van der Waals surface area contributed by atoms with E-state index >= 15 is 0 Å². The van der Waals surface area contributed by atoms with Gasteiger partial charge in [0.25, 0.3) is 0 Å². The number of phosphoric ester groups is 2. The molecule has 0 spiro atoms. The highest BCUT2D eigenvalue weighted by atomic mass is 31.2. The number of esters is 4. The van der Waals surface area contributed by atoms with Crippen LogP contribution in [0.15, 0.2) is 0 Å². The van der Waals surface area contributed by atoms with Gasteiger partial charge in [0.1, 0.15) is 19.3 Å². The first-order valence-electron chi connectivity index (χ1n) is 34.7. The van der Waals surface area contributed by atoms with Gasteiger partial charge in [-0.1, -0.05) is 274 Å². The van der Waals surface area contributed by atoms with Crippen molar-refractivity contribution in [3.8, 4) is 0 Å². The van der Waals surface area contributed by atoms with Crippen molar-refractivity contribution in [1.29, 1.82) is 0 Å². The molecule has 0 radical (unpaired) electrons. The molecule has 2 unspecified atom stereocenters. The Hall–Kier alpha value is -1.94. The van der Waals surface area contributed by atoms with E-state index in [9.17, 15) is 43.2 Å². The molecule has 5 atom stereocenters. The number of aliphatic hydroxyl groups is 1. The molecule has 0 saturated heterocycles. The average Bonchev–Trinajstić information content (AvgIpc) is 3.58. The first kappa shape index (κ1) is 84.1. The monoisotopic (exact) mass is 1270 g/mol. The van der Waals surface area contributed by atoms with Crippen LogP contribution in [0.5, 0.6) is 0 Å². The van der Waals surface area contributed by atoms with E-state index in [2.05, 4.69) is 55.4 Å². The molecular formula is C67H130O17P2. The van der Waals surface area contributed by atoms with Crippen molar-refractivity contribution in [2.45, 2.75) is 343 Å². The largest absolute Gasteiger partial charge is 0.472 e. The van der Waals surface area contributed by atoms with E-state index in [0.29, 0.717) is 37.5 Å². The number of carbonyl (C=O) groups is 4. The molecule has 0 fully saturated rings. The Morgan fingerprint density at radius 1 is 0.291 bits per heavy atom. The van der Waals surface area contributed by atoms with Crippen molar-refractivity contribution in [1.82, 2.24) is 0 Å². The topological polar surface area (TPSA) is 237 Å². The fraction of sp³-hybridized carbons (Fsp3) is 0.940. The molecule has 3 N–H and O–H groups in total. The first-order chi connectivity index (χ1) is 41.1. The van der Waals surface area contributed by atoms with Crippen LogP contribution in [0.2, 0.25) is 0 Å². The van der Waals surface area contributed by atoms with Gasteiger partial charge in [-0.05, 0) is 49.4 Å². The molecule has 0 aromatic rings. The van der Waals surface area contributed by atoms with E-state index < -0.39 is 97.5 Å². The lowest BCUT2D eigenvalue weighted by atomic mass is 10.0. The van der Waals surface area contributed by atoms with Gasteiger partial charge in [0.05, 0.1) is 26.4 Å². The van der Waals surface area contributed by atoms with Crippen LogP contribution >= 0.6 is 15.6 Å². The summed E-state index contributed by atoms with van der Waals surface area (Å²) in [4.78, 5) is 72.3. The third-order valence-corrected chi connectivity index (χ3v) is 17.2. The number of hydrogen-bond donors (Lipinski definition) is 3. The third-order valence-electron chi connectivity index (χ3n) is 15.3. The van der Waals surface area contributed by atoms with Gasteiger partial charge in [-0.3, -0.25) is 37.3 Å². The minimum Gasteiger partial charge on any atom is -0.462 e. The Kier molecular flexibility index (Phi) is 55.7. The Morgan fingerprint density at radius 2 is 0.488 bits per heavy atom. The normalized spacial score (nSPS) is 14.4. The van der Waals surface area contributed by atoms with Crippen LogP contribution in [0.4, 0.5) is 0 Å². The number of ether oxygens (including phenoxy) is 4. The van der Waals surface area contributed by atoms with Crippen molar-refractivity contribution in [3.05, 3.63) is 0 Å². The van der Waals surface area contributed by atoms with Gasteiger partial charge >= 0.3 is 39.5 Å². The van der Waals surface area contributed by atoms with Crippen molar-refractivity contribution in [2.24, 2.45) is 23.7 Å². The number of aliphatic hydroxyl groups excluding tert-OH is 1. The van der Waals surface area contributed by atoms with Crippen molar-refractivity contribution in [3.63, 3.8) is 0 Å². The maximum absolute atomic E-state index is 13.0. The van der Waals surface area contributed by atoms with Crippen molar-refractivity contribution in [2.75, 3.05) is 39.6 Å². The summed E-state index contributed by atoms with van der Waals surface area (Å²) in [6, 6.07) is 0. The molecule has 0 heterocycles.